The number of sulfonamides is 1. The number of allylic oxidation sites excluding steroid dienone is 1. The molecule has 4 fully saturated rings. The first-order valence-corrected chi connectivity index (χ1v) is 21.7. The van der Waals surface area contributed by atoms with Gasteiger partial charge in [-0.25, -0.2) is 21.9 Å². The summed E-state index contributed by atoms with van der Waals surface area (Å²) >= 11 is 0. The van der Waals surface area contributed by atoms with Crippen molar-refractivity contribution in [1.29, 1.82) is 0 Å². The Morgan fingerprint density at radius 1 is 0.934 bits per heavy atom. The van der Waals surface area contributed by atoms with Gasteiger partial charge in [0.15, 0.2) is 0 Å². The Morgan fingerprint density at radius 2 is 1.56 bits per heavy atom. The van der Waals surface area contributed by atoms with Crippen LogP contribution in [0, 0.1) is 16.7 Å². The molecule has 2 amide bonds. The molecule has 19 heteroatoms. The van der Waals surface area contributed by atoms with Gasteiger partial charge in [0.2, 0.25) is 10.0 Å². The molecule has 0 bridgehead atoms. The van der Waals surface area contributed by atoms with Crippen LogP contribution in [0.3, 0.4) is 0 Å². The fourth-order valence-electron chi connectivity index (χ4n) is 8.92. The normalized spacial score (nSPS) is 21.0. The van der Waals surface area contributed by atoms with Crippen LogP contribution in [0.5, 0.6) is 0 Å². The maximum absolute atomic E-state index is 14.1. The number of aromatic nitrogens is 2. The number of hydrogen-bond donors (Lipinski definition) is 1. The van der Waals surface area contributed by atoms with E-state index in [1.165, 1.54) is 30.1 Å². The van der Waals surface area contributed by atoms with Crippen molar-refractivity contribution in [1.82, 2.24) is 24.3 Å². The van der Waals surface area contributed by atoms with E-state index in [-0.39, 0.29) is 50.2 Å². The summed E-state index contributed by atoms with van der Waals surface area (Å²) < 4.78 is 136. The molecule has 61 heavy (non-hydrogen) atoms. The fourth-order valence-corrected chi connectivity index (χ4v) is 9.36. The molecule has 0 atom stereocenters. The van der Waals surface area contributed by atoms with Gasteiger partial charge in [0.05, 0.1) is 48.1 Å². The number of nitrogens with zero attached hydrogens (tertiary/aromatic N) is 4. The molecule has 0 unspecified atom stereocenters. The van der Waals surface area contributed by atoms with Gasteiger partial charge in [-0.3, -0.25) is 14.3 Å². The minimum Gasteiger partial charge on any atom is -0.380 e. The minimum atomic E-state index is -4.39. The van der Waals surface area contributed by atoms with E-state index < -0.39 is 51.1 Å². The van der Waals surface area contributed by atoms with Gasteiger partial charge in [-0.1, -0.05) is 36.9 Å². The standard InChI is InChI=1S/C25H27F5N4O.C17H22F3NO4S.H2/c1-17(24(7-8-24)22(2,26)27)33-15-23(16-33)9-10-32(14-23)21(35)19-11-31-34(13-19)12-18-3-5-20(6-4-18)25(28,29)30;1-25-10-12-4-3-5-14(15(12)16(22)21-26(2,23)24)11-6-8-13(9-7-11)17(18,19)20;/h3-6,11,13H,1,7-10,12,14-16H2,2H3;3-5,11,13H,6-10H2,1-2H3,(H,21,22);1H. The number of amides is 2. The third-order valence-electron chi connectivity index (χ3n) is 12.4. The third kappa shape index (κ3) is 10.4. The van der Waals surface area contributed by atoms with Crippen molar-refractivity contribution in [2.75, 3.05) is 39.5 Å². The predicted octanol–water partition coefficient (Wildman–Crippen LogP) is 8.65. The van der Waals surface area contributed by atoms with Crippen molar-refractivity contribution in [3.63, 3.8) is 0 Å². The van der Waals surface area contributed by atoms with Gasteiger partial charge in [0, 0.05) is 64.5 Å². The van der Waals surface area contributed by atoms with Gasteiger partial charge in [0.25, 0.3) is 17.7 Å². The van der Waals surface area contributed by atoms with Crippen LogP contribution in [-0.4, -0.2) is 91.5 Å². The molecule has 336 valence electrons. The molecular formula is C42H51F8N5O5S. The first-order valence-electron chi connectivity index (χ1n) is 19.8. The molecule has 2 saturated carbocycles. The number of benzene rings is 2. The molecule has 2 aromatic carbocycles. The van der Waals surface area contributed by atoms with Crippen LogP contribution >= 0.6 is 0 Å². The highest BCUT2D eigenvalue weighted by Crippen LogP contribution is 2.63. The number of carbonyl (C=O) groups is 2. The maximum Gasteiger partial charge on any atom is 0.416 e. The smallest absolute Gasteiger partial charge is 0.380 e. The number of hydrogen-bond acceptors (Lipinski definition) is 7. The molecule has 1 N–H and O–H groups in total. The highest BCUT2D eigenvalue weighted by atomic mass is 32.2. The largest absolute Gasteiger partial charge is 0.416 e. The summed E-state index contributed by atoms with van der Waals surface area (Å²) in [7, 11) is -2.32. The lowest BCUT2D eigenvalue weighted by atomic mass is 9.76. The molecule has 1 aromatic heterocycles. The summed E-state index contributed by atoms with van der Waals surface area (Å²) in [6.45, 7) is 7.68. The summed E-state index contributed by atoms with van der Waals surface area (Å²) in [4.78, 5) is 29.3. The van der Waals surface area contributed by atoms with Crippen LogP contribution in [0.15, 0.2) is 67.1 Å². The zero-order valence-electron chi connectivity index (χ0n) is 34.0. The summed E-state index contributed by atoms with van der Waals surface area (Å²) in [6, 6.07) is 9.87. The highest BCUT2D eigenvalue weighted by Gasteiger charge is 2.64. The number of halogens is 8. The SMILES string of the molecule is C=C(N1CC2(CCN(C(=O)c3cnn(Cc4ccc(C(F)(F)F)cc4)c3)C2)C1)C1(C(C)(F)F)CC1.COCc1cccc(C2CCC(C(F)(F)F)CC2)c1C(=O)NS(C)(=O)=O.[HH]. The van der Waals surface area contributed by atoms with Gasteiger partial charge in [-0.15, -0.1) is 0 Å². The zero-order chi connectivity index (χ0) is 44.8. The average Bonchev–Trinajstić information content (AvgIpc) is 3.67. The summed E-state index contributed by atoms with van der Waals surface area (Å²) in [5, 5.41) is 4.19. The van der Waals surface area contributed by atoms with Crippen molar-refractivity contribution in [3.05, 3.63) is 101 Å². The van der Waals surface area contributed by atoms with Crippen LogP contribution in [0.2, 0.25) is 0 Å². The molecule has 2 saturated heterocycles. The first-order chi connectivity index (χ1) is 28.3. The van der Waals surface area contributed by atoms with Gasteiger partial charge < -0.3 is 14.5 Å². The van der Waals surface area contributed by atoms with E-state index in [2.05, 4.69) is 11.7 Å². The van der Waals surface area contributed by atoms with Crippen molar-refractivity contribution >= 4 is 21.8 Å². The summed E-state index contributed by atoms with van der Waals surface area (Å²) in [5.74, 6) is -5.28. The van der Waals surface area contributed by atoms with Gasteiger partial charge >= 0.3 is 12.4 Å². The van der Waals surface area contributed by atoms with Crippen molar-refractivity contribution in [2.45, 2.75) is 89.2 Å². The number of nitrogens with one attached hydrogen (secondary N) is 1. The Labute approximate surface area is 350 Å². The zero-order valence-corrected chi connectivity index (χ0v) is 34.8. The quantitative estimate of drug-likeness (QED) is 0.192. The van der Waals surface area contributed by atoms with E-state index in [1.807, 2.05) is 9.62 Å². The molecule has 2 aliphatic heterocycles. The van der Waals surface area contributed by atoms with Gasteiger partial charge in [-0.2, -0.15) is 31.4 Å². The van der Waals surface area contributed by atoms with E-state index in [1.54, 1.807) is 29.3 Å². The lowest BCUT2D eigenvalue weighted by Gasteiger charge is -2.52. The molecule has 10 nitrogen and oxygen atoms in total. The molecule has 3 heterocycles. The summed E-state index contributed by atoms with van der Waals surface area (Å²) in [5.41, 5.74) is 0.899. The van der Waals surface area contributed by atoms with Crippen LogP contribution in [0.1, 0.15) is 102 Å². The molecular weight excluding hydrogens is 839 g/mol. The minimum absolute atomic E-state index is 0. The third-order valence-corrected chi connectivity index (χ3v) is 13.0. The van der Waals surface area contributed by atoms with Gasteiger partial charge in [-0.05, 0) is 79.7 Å². The van der Waals surface area contributed by atoms with E-state index in [0.29, 0.717) is 79.8 Å². The second-order valence-corrected chi connectivity index (χ2v) is 18.7. The van der Waals surface area contributed by atoms with E-state index in [0.717, 1.165) is 31.7 Å². The number of likely N-dealkylation sites (tertiary alicyclic amines) is 2. The maximum atomic E-state index is 14.1. The number of alkyl halides is 8. The molecule has 3 aromatic rings. The number of ether oxygens (including phenoxy) is 1. The van der Waals surface area contributed by atoms with Crippen LogP contribution in [-0.2, 0) is 34.1 Å². The van der Waals surface area contributed by atoms with Gasteiger partial charge in [0.1, 0.15) is 0 Å². The van der Waals surface area contributed by atoms with Crippen molar-refractivity contribution in [3.8, 4) is 0 Å². The molecule has 2 aliphatic carbocycles. The molecule has 0 radical (unpaired) electrons. The predicted molar refractivity (Wildman–Crippen MR) is 211 cm³/mol. The highest BCUT2D eigenvalue weighted by molar-refractivity contribution is 7.89. The van der Waals surface area contributed by atoms with Crippen LogP contribution in [0.4, 0.5) is 35.1 Å². The second kappa shape index (κ2) is 17.0. The molecule has 7 rings (SSSR count). The van der Waals surface area contributed by atoms with E-state index >= 15 is 0 Å². The van der Waals surface area contributed by atoms with E-state index in [9.17, 15) is 53.1 Å². The van der Waals surface area contributed by atoms with E-state index in [4.69, 9.17) is 4.74 Å². The molecule has 4 aliphatic rings. The number of rotatable bonds is 11. The van der Waals surface area contributed by atoms with Crippen LogP contribution < -0.4 is 4.72 Å². The lowest BCUT2D eigenvalue weighted by molar-refractivity contribution is -0.182. The Hall–Kier alpha value is -4.52. The van der Waals surface area contributed by atoms with Crippen molar-refractivity contribution < 1.29 is 59.3 Å². The summed E-state index contributed by atoms with van der Waals surface area (Å²) in [6.07, 6.45) is -2.37. The molecule has 1 spiro atoms. The topological polar surface area (TPSA) is 114 Å². The fraction of sp³-hybridized carbons (Fsp3) is 0.548. The Balaban J connectivity index is 0.000000241. The Morgan fingerprint density at radius 3 is 2.10 bits per heavy atom. The monoisotopic (exact) mass is 889 g/mol. The second-order valence-electron chi connectivity index (χ2n) is 17.0. The number of carbonyl (C=O) groups excluding carboxylic acids is 2. The van der Waals surface area contributed by atoms with Crippen LogP contribution in [0.25, 0.3) is 0 Å². The lowest BCUT2D eigenvalue weighted by Crippen LogP contribution is -2.58. The number of methoxy groups -OCH3 is 1. The first kappa shape index (κ1) is 46.0. The Bertz CT molecular complexity index is 2210. The average molecular weight is 890 g/mol. The Kier molecular flexibility index (Phi) is 12.8. The van der Waals surface area contributed by atoms with Crippen molar-refractivity contribution in [2.24, 2.45) is 16.7 Å².